The Kier molecular flexibility index (Phi) is 14.4. The summed E-state index contributed by atoms with van der Waals surface area (Å²) in [6, 6.07) is 0. The van der Waals surface area contributed by atoms with Crippen LogP contribution in [-0.2, 0) is 14.3 Å². The fourth-order valence-corrected chi connectivity index (χ4v) is 2.42. The highest BCUT2D eigenvalue weighted by Crippen LogP contribution is 2.12. The lowest BCUT2D eigenvalue weighted by atomic mass is 10.0. The number of Topliss-reactive ketones (excluding diaryl/α,β-unsaturated/α-hetero) is 1. The quantitative estimate of drug-likeness (QED) is 0.364. The molecule has 0 radical (unpaired) electrons. The minimum absolute atomic E-state index is 0.105. The third-order valence-electron chi connectivity index (χ3n) is 3.76. The maximum atomic E-state index is 11.5. The molecule has 0 spiro atoms. The van der Waals surface area contributed by atoms with Gasteiger partial charge >= 0.3 is 5.97 Å². The number of hydrogen-bond donors (Lipinski definition) is 1. The van der Waals surface area contributed by atoms with E-state index in [9.17, 15) is 14.7 Å². The zero-order chi connectivity index (χ0) is 16.6. The lowest BCUT2D eigenvalue weighted by Crippen LogP contribution is -2.15. The van der Waals surface area contributed by atoms with Gasteiger partial charge in [0, 0.05) is 12.8 Å². The number of rotatable bonds is 15. The maximum Gasteiger partial charge on any atom is 0.308 e. The molecule has 0 aliphatic heterocycles. The number of ether oxygens (including phenoxy) is 1. The molecule has 0 saturated carbocycles. The van der Waals surface area contributed by atoms with Gasteiger partial charge in [0.1, 0.15) is 5.78 Å². The molecule has 0 aliphatic carbocycles. The summed E-state index contributed by atoms with van der Waals surface area (Å²) >= 11 is 0. The number of carbonyl (C=O) groups excluding carboxylic acids is 2. The number of carbonyl (C=O) groups is 2. The Balaban J connectivity index is 3.32. The second-order valence-corrected chi connectivity index (χ2v) is 5.97. The molecule has 0 fully saturated rings. The van der Waals surface area contributed by atoms with E-state index in [0.29, 0.717) is 18.8 Å². The minimum atomic E-state index is -0.574. The van der Waals surface area contributed by atoms with Crippen molar-refractivity contribution in [3.63, 3.8) is 0 Å². The van der Waals surface area contributed by atoms with Crippen molar-refractivity contribution >= 4 is 11.8 Å². The summed E-state index contributed by atoms with van der Waals surface area (Å²) < 4.78 is 4.80. The number of esters is 1. The largest absolute Gasteiger partial charge is 0.466 e. The van der Waals surface area contributed by atoms with Crippen LogP contribution in [0.15, 0.2) is 0 Å². The van der Waals surface area contributed by atoms with Gasteiger partial charge in [-0.1, -0.05) is 45.4 Å². The van der Waals surface area contributed by atoms with Crippen LogP contribution in [-0.4, -0.2) is 29.6 Å². The molecule has 0 amide bonds. The van der Waals surface area contributed by atoms with E-state index in [2.05, 4.69) is 6.92 Å². The van der Waals surface area contributed by atoms with Gasteiger partial charge in [-0.2, -0.15) is 0 Å². The highest BCUT2D eigenvalue weighted by atomic mass is 16.5. The Hall–Kier alpha value is -0.900. The van der Waals surface area contributed by atoms with Crippen molar-refractivity contribution in [3.8, 4) is 0 Å². The highest BCUT2D eigenvalue weighted by Gasteiger charge is 2.10. The predicted molar refractivity (Wildman–Crippen MR) is 88.7 cm³/mol. The summed E-state index contributed by atoms with van der Waals surface area (Å²) in [5.41, 5.74) is 0. The lowest BCUT2D eigenvalue weighted by Gasteiger charge is -2.09. The third kappa shape index (κ3) is 14.1. The van der Waals surface area contributed by atoms with E-state index in [1.807, 2.05) is 0 Å². The van der Waals surface area contributed by atoms with Crippen LogP contribution in [0.5, 0.6) is 0 Å². The normalized spacial score (nSPS) is 12.1. The Morgan fingerprint density at radius 3 is 2.14 bits per heavy atom. The first-order chi connectivity index (χ1) is 10.6. The van der Waals surface area contributed by atoms with Crippen LogP contribution in [0, 0.1) is 0 Å². The topological polar surface area (TPSA) is 63.6 Å². The van der Waals surface area contributed by atoms with Crippen molar-refractivity contribution in [1.29, 1.82) is 0 Å². The molecule has 0 saturated heterocycles. The second-order valence-electron chi connectivity index (χ2n) is 5.97. The smallest absolute Gasteiger partial charge is 0.308 e. The Morgan fingerprint density at radius 1 is 0.909 bits per heavy atom. The molecule has 0 aromatic heterocycles. The van der Waals surface area contributed by atoms with Gasteiger partial charge in [0.25, 0.3) is 0 Å². The summed E-state index contributed by atoms with van der Waals surface area (Å²) in [6.45, 7) is 4.24. The van der Waals surface area contributed by atoms with Crippen molar-refractivity contribution in [2.24, 2.45) is 0 Å². The standard InChI is InChI=1S/C18H34O4/c1-3-5-12-16(19)13-10-8-6-7-9-11-14-17(20)15-18(21)22-4-2/h17,20H,3-15H2,1-2H3. The summed E-state index contributed by atoms with van der Waals surface area (Å²) in [5, 5.41) is 9.68. The van der Waals surface area contributed by atoms with Crippen LogP contribution >= 0.6 is 0 Å². The van der Waals surface area contributed by atoms with Gasteiger partial charge < -0.3 is 9.84 Å². The molecule has 0 rings (SSSR count). The molecular formula is C18H34O4. The summed E-state index contributed by atoms with van der Waals surface area (Å²) in [5.74, 6) is 0.0895. The fourth-order valence-electron chi connectivity index (χ4n) is 2.42. The number of ketones is 1. The minimum Gasteiger partial charge on any atom is -0.466 e. The number of unbranched alkanes of at least 4 members (excludes halogenated alkanes) is 6. The van der Waals surface area contributed by atoms with Crippen LogP contribution in [0.1, 0.15) is 90.9 Å². The van der Waals surface area contributed by atoms with Gasteiger partial charge in [-0.25, -0.2) is 0 Å². The number of hydrogen-bond acceptors (Lipinski definition) is 4. The highest BCUT2D eigenvalue weighted by molar-refractivity contribution is 5.78. The maximum absolute atomic E-state index is 11.5. The fraction of sp³-hybridized carbons (Fsp3) is 0.889. The van der Waals surface area contributed by atoms with Crippen molar-refractivity contribution in [1.82, 2.24) is 0 Å². The van der Waals surface area contributed by atoms with E-state index >= 15 is 0 Å². The Bertz CT molecular complexity index is 289. The van der Waals surface area contributed by atoms with Crippen molar-refractivity contribution in [2.75, 3.05) is 6.61 Å². The van der Waals surface area contributed by atoms with Gasteiger partial charge in [0.2, 0.25) is 0 Å². The van der Waals surface area contributed by atoms with E-state index in [1.165, 1.54) is 0 Å². The van der Waals surface area contributed by atoms with Gasteiger partial charge in [-0.05, 0) is 26.2 Å². The molecule has 0 aromatic carbocycles. The number of aliphatic hydroxyl groups is 1. The van der Waals surface area contributed by atoms with Gasteiger partial charge in [0.05, 0.1) is 19.1 Å². The van der Waals surface area contributed by atoms with Crippen molar-refractivity contribution < 1.29 is 19.4 Å². The molecule has 4 nitrogen and oxygen atoms in total. The first-order valence-corrected chi connectivity index (χ1v) is 8.95. The second kappa shape index (κ2) is 15.0. The number of aliphatic hydroxyl groups excluding tert-OH is 1. The molecule has 0 bridgehead atoms. The SMILES string of the molecule is CCCCC(=O)CCCCCCCCC(O)CC(=O)OCC. The van der Waals surface area contributed by atoms with Gasteiger partial charge in [0.15, 0.2) is 0 Å². The summed E-state index contributed by atoms with van der Waals surface area (Å²) in [4.78, 5) is 22.7. The average molecular weight is 314 g/mol. The molecule has 1 atom stereocenters. The van der Waals surface area contributed by atoms with Crippen LogP contribution in [0.25, 0.3) is 0 Å². The van der Waals surface area contributed by atoms with Gasteiger partial charge in [-0.3, -0.25) is 9.59 Å². The van der Waals surface area contributed by atoms with Crippen LogP contribution in [0.2, 0.25) is 0 Å². The van der Waals surface area contributed by atoms with Crippen LogP contribution < -0.4 is 0 Å². The molecule has 1 N–H and O–H groups in total. The molecule has 22 heavy (non-hydrogen) atoms. The van der Waals surface area contributed by atoms with Crippen LogP contribution in [0.4, 0.5) is 0 Å². The molecule has 130 valence electrons. The monoisotopic (exact) mass is 314 g/mol. The predicted octanol–water partition coefficient (Wildman–Crippen LogP) is 4.18. The molecule has 4 heteroatoms. The molecule has 0 aromatic rings. The molecule has 1 unspecified atom stereocenters. The zero-order valence-electron chi connectivity index (χ0n) is 14.4. The first kappa shape index (κ1) is 21.1. The van der Waals surface area contributed by atoms with Crippen molar-refractivity contribution in [3.05, 3.63) is 0 Å². The third-order valence-corrected chi connectivity index (χ3v) is 3.76. The van der Waals surface area contributed by atoms with E-state index < -0.39 is 6.10 Å². The summed E-state index contributed by atoms with van der Waals surface area (Å²) in [7, 11) is 0. The Morgan fingerprint density at radius 2 is 1.50 bits per heavy atom. The van der Waals surface area contributed by atoms with E-state index in [0.717, 1.165) is 64.2 Å². The summed E-state index contributed by atoms with van der Waals surface area (Å²) in [6.07, 6.45) is 10.2. The first-order valence-electron chi connectivity index (χ1n) is 8.95. The van der Waals surface area contributed by atoms with Crippen molar-refractivity contribution in [2.45, 2.75) is 97.0 Å². The average Bonchev–Trinajstić information content (AvgIpc) is 2.47. The van der Waals surface area contributed by atoms with Crippen LogP contribution in [0.3, 0.4) is 0 Å². The lowest BCUT2D eigenvalue weighted by molar-refractivity contribution is -0.145. The van der Waals surface area contributed by atoms with E-state index in [1.54, 1.807) is 6.92 Å². The Labute approximate surface area is 135 Å². The van der Waals surface area contributed by atoms with E-state index in [-0.39, 0.29) is 12.4 Å². The molecule has 0 heterocycles. The van der Waals surface area contributed by atoms with E-state index in [4.69, 9.17) is 4.74 Å². The zero-order valence-corrected chi connectivity index (χ0v) is 14.4. The molecular weight excluding hydrogens is 280 g/mol. The molecule has 0 aliphatic rings. The van der Waals surface area contributed by atoms with Gasteiger partial charge in [-0.15, -0.1) is 0 Å².